The summed E-state index contributed by atoms with van der Waals surface area (Å²) in [5, 5.41) is 0.314. The van der Waals surface area contributed by atoms with Gasteiger partial charge in [0.2, 0.25) is 5.91 Å². The SMILES string of the molecule is CCN(C(=O)CN1C(=O)C(=O)c2cccc(Cl)c21)C1CC1. The normalized spacial score (nSPS) is 17.1. The first kappa shape index (κ1) is 14.1. The zero-order valence-corrected chi connectivity index (χ0v) is 12.4. The number of halogens is 1. The maximum atomic E-state index is 12.4. The van der Waals surface area contributed by atoms with Gasteiger partial charge >= 0.3 is 0 Å². The number of para-hydroxylation sites is 1. The van der Waals surface area contributed by atoms with Crippen LogP contribution in [0.25, 0.3) is 0 Å². The maximum Gasteiger partial charge on any atom is 0.300 e. The largest absolute Gasteiger partial charge is 0.338 e. The first-order valence-electron chi connectivity index (χ1n) is 6.98. The van der Waals surface area contributed by atoms with Crippen LogP contribution in [0.3, 0.4) is 0 Å². The van der Waals surface area contributed by atoms with Gasteiger partial charge in [-0.15, -0.1) is 0 Å². The number of fused-ring (bicyclic) bond motifs is 1. The molecule has 0 atom stereocenters. The third kappa shape index (κ3) is 2.31. The molecule has 0 spiro atoms. The molecule has 1 aromatic carbocycles. The highest BCUT2D eigenvalue weighted by Crippen LogP contribution is 2.36. The van der Waals surface area contributed by atoms with Crippen LogP contribution in [0.1, 0.15) is 30.1 Å². The fourth-order valence-electron chi connectivity index (χ4n) is 2.71. The van der Waals surface area contributed by atoms with Crippen LogP contribution in [0.15, 0.2) is 18.2 Å². The Hall–Kier alpha value is -1.88. The molecule has 0 N–H and O–H groups in total. The number of nitrogens with zero attached hydrogens (tertiary/aromatic N) is 2. The molecule has 1 fully saturated rings. The molecular formula is C15H15ClN2O3. The van der Waals surface area contributed by atoms with Crippen molar-refractivity contribution in [1.82, 2.24) is 4.90 Å². The molecular weight excluding hydrogens is 292 g/mol. The molecule has 1 aromatic rings. The Morgan fingerprint density at radius 1 is 1.38 bits per heavy atom. The Morgan fingerprint density at radius 2 is 2.10 bits per heavy atom. The molecule has 0 radical (unpaired) electrons. The zero-order chi connectivity index (χ0) is 15.1. The van der Waals surface area contributed by atoms with Crippen LogP contribution >= 0.6 is 11.6 Å². The van der Waals surface area contributed by atoms with Crippen LogP contribution in [0, 0.1) is 0 Å². The maximum absolute atomic E-state index is 12.4. The number of likely N-dealkylation sites (N-methyl/N-ethyl adjacent to an activating group) is 1. The van der Waals surface area contributed by atoms with E-state index in [1.54, 1.807) is 23.1 Å². The second kappa shape index (κ2) is 5.15. The number of hydrogen-bond acceptors (Lipinski definition) is 3. The lowest BCUT2D eigenvalue weighted by Crippen LogP contribution is -2.43. The average molecular weight is 307 g/mol. The zero-order valence-electron chi connectivity index (χ0n) is 11.6. The van der Waals surface area contributed by atoms with Gasteiger partial charge in [0.15, 0.2) is 0 Å². The lowest BCUT2D eigenvalue weighted by molar-refractivity contribution is -0.131. The van der Waals surface area contributed by atoms with Gasteiger partial charge in [0.05, 0.1) is 16.3 Å². The van der Waals surface area contributed by atoms with E-state index < -0.39 is 11.7 Å². The van der Waals surface area contributed by atoms with Crippen molar-refractivity contribution in [3.05, 3.63) is 28.8 Å². The average Bonchev–Trinajstić information content (AvgIpc) is 3.25. The molecule has 0 bridgehead atoms. The molecule has 0 aromatic heterocycles. The minimum atomic E-state index is -0.682. The highest BCUT2D eigenvalue weighted by molar-refractivity contribution is 6.54. The fourth-order valence-corrected chi connectivity index (χ4v) is 2.99. The van der Waals surface area contributed by atoms with Crippen molar-refractivity contribution in [3.8, 4) is 0 Å². The summed E-state index contributed by atoms with van der Waals surface area (Å²) in [6, 6.07) is 5.08. The third-order valence-electron chi connectivity index (χ3n) is 3.88. The lowest BCUT2D eigenvalue weighted by Gasteiger charge is -2.24. The van der Waals surface area contributed by atoms with Crippen LogP contribution in [-0.4, -0.2) is 41.6 Å². The first-order valence-corrected chi connectivity index (χ1v) is 7.36. The number of carbonyl (C=O) groups is 3. The van der Waals surface area contributed by atoms with E-state index in [0.717, 1.165) is 12.8 Å². The molecule has 6 heteroatoms. The molecule has 110 valence electrons. The summed E-state index contributed by atoms with van der Waals surface area (Å²) in [5.41, 5.74) is 0.629. The first-order chi connectivity index (χ1) is 10.0. The molecule has 1 heterocycles. The van der Waals surface area contributed by atoms with Gasteiger partial charge < -0.3 is 4.90 Å². The highest BCUT2D eigenvalue weighted by Gasteiger charge is 2.40. The quantitative estimate of drug-likeness (QED) is 0.798. The second-order valence-corrected chi connectivity index (χ2v) is 5.67. The number of anilines is 1. The van der Waals surface area contributed by atoms with Gasteiger partial charge in [-0.25, -0.2) is 0 Å². The molecule has 0 saturated heterocycles. The molecule has 1 aliphatic carbocycles. The summed E-state index contributed by atoms with van der Waals surface area (Å²) >= 11 is 6.10. The number of hydrogen-bond donors (Lipinski definition) is 0. The fraction of sp³-hybridized carbons (Fsp3) is 0.400. The number of ketones is 1. The summed E-state index contributed by atoms with van der Waals surface area (Å²) < 4.78 is 0. The van der Waals surface area contributed by atoms with Gasteiger partial charge in [-0.1, -0.05) is 17.7 Å². The Kier molecular flexibility index (Phi) is 3.45. The van der Waals surface area contributed by atoms with Gasteiger partial charge in [0, 0.05) is 12.6 Å². The van der Waals surface area contributed by atoms with Gasteiger partial charge in [0.1, 0.15) is 6.54 Å². The van der Waals surface area contributed by atoms with Crippen molar-refractivity contribution in [2.24, 2.45) is 0 Å². The molecule has 0 unspecified atom stereocenters. The molecule has 21 heavy (non-hydrogen) atoms. The minimum absolute atomic E-state index is 0.133. The van der Waals surface area contributed by atoms with Crippen molar-refractivity contribution in [2.75, 3.05) is 18.0 Å². The van der Waals surface area contributed by atoms with E-state index in [1.165, 1.54) is 4.90 Å². The number of Topliss-reactive ketones (excluding diaryl/α,β-unsaturated/α-hetero) is 1. The molecule has 1 saturated carbocycles. The summed E-state index contributed by atoms with van der Waals surface area (Å²) in [6.45, 7) is 2.38. The van der Waals surface area contributed by atoms with E-state index in [0.29, 0.717) is 17.3 Å². The topological polar surface area (TPSA) is 57.7 Å². The van der Waals surface area contributed by atoms with E-state index in [1.807, 2.05) is 6.92 Å². The van der Waals surface area contributed by atoms with Gasteiger partial charge in [-0.3, -0.25) is 19.3 Å². The van der Waals surface area contributed by atoms with Crippen LogP contribution in [0.5, 0.6) is 0 Å². The Morgan fingerprint density at radius 3 is 2.71 bits per heavy atom. The lowest BCUT2D eigenvalue weighted by atomic mass is 10.1. The smallest absolute Gasteiger partial charge is 0.300 e. The van der Waals surface area contributed by atoms with Crippen LogP contribution in [0.4, 0.5) is 5.69 Å². The number of benzene rings is 1. The molecule has 2 aliphatic rings. The van der Waals surface area contributed by atoms with Gasteiger partial charge in [-0.2, -0.15) is 0 Å². The van der Waals surface area contributed by atoms with E-state index in [2.05, 4.69) is 0 Å². The molecule has 5 nitrogen and oxygen atoms in total. The molecule has 3 rings (SSSR count). The molecule has 2 amide bonds. The Bertz CT molecular complexity index is 640. The third-order valence-corrected chi connectivity index (χ3v) is 4.19. The van der Waals surface area contributed by atoms with Crippen LogP contribution < -0.4 is 4.90 Å². The van der Waals surface area contributed by atoms with Crippen molar-refractivity contribution in [3.63, 3.8) is 0 Å². The van der Waals surface area contributed by atoms with Crippen molar-refractivity contribution >= 4 is 34.9 Å². The van der Waals surface area contributed by atoms with E-state index >= 15 is 0 Å². The molecule has 1 aliphatic heterocycles. The summed E-state index contributed by atoms with van der Waals surface area (Å²) in [5.74, 6) is -1.43. The number of amides is 2. The predicted molar refractivity (Wildman–Crippen MR) is 78.5 cm³/mol. The Balaban J connectivity index is 1.88. The summed E-state index contributed by atoms with van der Waals surface area (Å²) in [7, 11) is 0. The van der Waals surface area contributed by atoms with Gasteiger partial charge in [-0.05, 0) is 31.9 Å². The monoisotopic (exact) mass is 306 g/mol. The van der Waals surface area contributed by atoms with E-state index in [4.69, 9.17) is 11.6 Å². The second-order valence-electron chi connectivity index (χ2n) is 5.27. The summed E-state index contributed by atoms with van der Waals surface area (Å²) in [6.07, 6.45) is 2.01. The van der Waals surface area contributed by atoms with Crippen LogP contribution in [-0.2, 0) is 9.59 Å². The van der Waals surface area contributed by atoms with Crippen molar-refractivity contribution in [2.45, 2.75) is 25.8 Å². The minimum Gasteiger partial charge on any atom is -0.338 e. The van der Waals surface area contributed by atoms with E-state index in [-0.39, 0.29) is 24.1 Å². The van der Waals surface area contributed by atoms with Crippen molar-refractivity contribution in [1.29, 1.82) is 0 Å². The van der Waals surface area contributed by atoms with Crippen LogP contribution in [0.2, 0.25) is 5.02 Å². The predicted octanol–water partition coefficient (Wildman–Crippen LogP) is 1.88. The Labute approximate surface area is 127 Å². The number of carbonyl (C=O) groups excluding carboxylic acids is 3. The van der Waals surface area contributed by atoms with E-state index in [9.17, 15) is 14.4 Å². The standard InChI is InChI=1S/C15H15ClN2O3/c1-2-17(9-6-7-9)12(19)8-18-13-10(14(20)15(18)21)4-3-5-11(13)16/h3-5,9H,2,6-8H2,1H3. The van der Waals surface area contributed by atoms with Crippen molar-refractivity contribution < 1.29 is 14.4 Å². The highest BCUT2D eigenvalue weighted by atomic mass is 35.5. The summed E-state index contributed by atoms with van der Waals surface area (Å²) in [4.78, 5) is 39.4. The number of rotatable bonds is 4. The van der Waals surface area contributed by atoms with Gasteiger partial charge in [0.25, 0.3) is 11.7 Å².